The van der Waals surface area contributed by atoms with Gasteiger partial charge in [-0.3, -0.25) is 0 Å². The molecule has 0 radical (unpaired) electrons. The normalized spacial score (nSPS) is 13.2. The minimum Gasteiger partial charge on any atom is -0.503 e. The topological polar surface area (TPSA) is 72.7 Å². The van der Waals surface area contributed by atoms with E-state index in [1.165, 1.54) is 24.3 Å². The number of fused-ring (bicyclic) bond motifs is 1. The summed E-state index contributed by atoms with van der Waals surface area (Å²) in [4.78, 5) is 6.31. The van der Waals surface area contributed by atoms with E-state index in [1.54, 1.807) is 0 Å². The van der Waals surface area contributed by atoms with Crippen LogP contribution in [0.1, 0.15) is 5.82 Å². The van der Waals surface area contributed by atoms with Gasteiger partial charge in [-0.15, -0.1) is 0 Å². The largest absolute Gasteiger partial charge is 0.503 e. The van der Waals surface area contributed by atoms with Crippen molar-refractivity contribution in [2.45, 2.75) is 6.18 Å². The Morgan fingerprint density at radius 3 is 2.68 bits per heavy atom. The third kappa shape index (κ3) is 2.48. The standard InChI is InChI=1S/C11H5ClF3N3O/c12-5-1-2-7-8(3-5)18-10(17-7)6(4-16)9(19)11(13,14)15/h1-3,19H,(H,17,18)/b9-6-. The Bertz CT molecular complexity index is 712. The number of imidazole rings is 1. The number of aliphatic hydroxyl groups excluding tert-OH is 1. The molecular weight excluding hydrogens is 283 g/mol. The Morgan fingerprint density at radius 2 is 2.11 bits per heavy atom. The maximum absolute atomic E-state index is 12.4. The highest BCUT2D eigenvalue weighted by Crippen LogP contribution is 2.30. The van der Waals surface area contributed by atoms with Crippen molar-refractivity contribution in [2.24, 2.45) is 0 Å². The summed E-state index contributed by atoms with van der Waals surface area (Å²) >= 11 is 5.72. The van der Waals surface area contributed by atoms with Crippen LogP contribution in [0.15, 0.2) is 24.0 Å². The molecule has 1 aromatic carbocycles. The Labute approximate surface area is 109 Å². The van der Waals surface area contributed by atoms with Crippen LogP contribution in [0.2, 0.25) is 5.02 Å². The molecule has 0 spiro atoms. The SMILES string of the molecule is N#C/C(=C(/O)C(F)(F)F)c1nc2ccc(Cl)cc2[nH]1. The van der Waals surface area contributed by atoms with Gasteiger partial charge in [-0.25, -0.2) is 4.98 Å². The van der Waals surface area contributed by atoms with E-state index in [2.05, 4.69) is 9.97 Å². The third-order valence-electron chi connectivity index (χ3n) is 2.30. The smallest absolute Gasteiger partial charge is 0.450 e. The number of allylic oxidation sites excluding steroid dienone is 2. The lowest BCUT2D eigenvalue weighted by Crippen LogP contribution is -2.13. The Kier molecular flexibility index (Phi) is 3.12. The number of aromatic amines is 1. The van der Waals surface area contributed by atoms with Crippen molar-refractivity contribution < 1.29 is 18.3 Å². The van der Waals surface area contributed by atoms with Gasteiger partial charge >= 0.3 is 6.18 Å². The zero-order valence-corrected chi connectivity index (χ0v) is 9.84. The quantitative estimate of drug-likeness (QED) is 0.622. The first-order chi connectivity index (χ1) is 8.82. The lowest BCUT2D eigenvalue weighted by Gasteiger charge is -2.05. The maximum Gasteiger partial charge on any atom is 0.450 e. The van der Waals surface area contributed by atoms with Gasteiger partial charge in [-0.2, -0.15) is 18.4 Å². The molecule has 2 N–H and O–H groups in total. The van der Waals surface area contributed by atoms with Gasteiger partial charge in [0, 0.05) is 5.02 Å². The lowest BCUT2D eigenvalue weighted by atomic mass is 10.2. The van der Waals surface area contributed by atoms with Crippen LogP contribution in [0.25, 0.3) is 16.6 Å². The van der Waals surface area contributed by atoms with Crippen molar-refractivity contribution in [3.05, 3.63) is 34.8 Å². The molecule has 0 aliphatic heterocycles. The van der Waals surface area contributed by atoms with E-state index < -0.39 is 17.5 Å². The summed E-state index contributed by atoms with van der Waals surface area (Å²) in [6.07, 6.45) is -5.01. The summed E-state index contributed by atoms with van der Waals surface area (Å²) in [6.45, 7) is 0. The molecule has 4 nitrogen and oxygen atoms in total. The zero-order chi connectivity index (χ0) is 14.2. The molecule has 0 fully saturated rings. The van der Waals surface area contributed by atoms with Crippen molar-refractivity contribution in [2.75, 3.05) is 0 Å². The van der Waals surface area contributed by atoms with E-state index >= 15 is 0 Å². The molecule has 2 aromatic rings. The highest BCUT2D eigenvalue weighted by atomic mass is 35.5. The van der Waals surface area contributed by atoms with Crippen molar-refractivity contribution >= 4 is 28.2 Å². The fraction of sp³-hybridized carbons (Fsp3) is 0.0909. The van der Waals surface area contributed by atoms with Crippen molar-refractivity contribution in [1.82, 2.24) is 9.97 Å². The second-order valence-corrected chi connectivity index (χ2v) is 4.02. The van der Waals surface area contributed by atoms with E-state index in [0.29, 0.717) is 16.1 Å². The Balaban J connectivity index is 2.63. The van der Waals surface area contributed by atoms with Crippen LogP contribution in [0.3, 0.4) is 0 Å². The molecule has 0 aliphatic rings. The van der Waals surface area contributed by atoms with Crippen molar-refractivity contribution in [3.63, 3.8) is 0 Å². The molecule has 0 saturated heterocycles. The number of rotatable bonds is 1. The monoisotopic (exact) mass is 287 g/mol. The van der Waals surface area contributed by atoms with Crippen molar-refractivity contribution in [3.8, 4) is 6.07 Å². The molecule has 98 valence electrons. The van der Waals surface area contributed by atoms with Crippen LogP contribution in [-0.4, -0.2) is 21.3 Å². The number of aromatic nitrogens is 2. The molecule has 8 heteroatoms. The van der Waals surface area contributed by atoms with E-state index in [1.807, 2.05) is 0 Å². The second-order valence-electron chi connectivity index (χ2n) is 3.58. The number of halogens is 4. The highest BCUT2D eigenvalue weighted by Gasteiger charge is 2.38. The first kappa shape index (κ1) is 13.2. The van der Waals surface area contributed by atoms with E-state index in [-0.39, 0.29) is 5.82 Å². The number of H-pyrrole nitrogens is 1. The van der Waals surface area contributed by atoms with Gasteiger partial charge in [0.15, 0.2) is 5.82 Å². The number of hydrogen-bond acceptors (Lipinski definition) is 3. The van der Waals surface area contributed by atoms with E-state index in [0.717, 1.165) is 0 Å². The number of nitrogens with one attached hydrogen (secondary N) is 1. The van der Waals surface area contributed by atoms with Crippen LogP contribution in [0.4, 0.5) is 13.2 Å². The van der Waals surface area contributed by atoms with Crippen molar-refractivity contribution in [1.29, 1.82) is 5.26 Å². The molecule has 1 aromatic heterocycles. The predicted molar refractivity (Wildman–Crippen MR) is 62.3 cm³/mol. The van der Waals surface area contributed by atoms with Crippen LogP contribution in [-0.2, 0) is 0 Å². The fourth-order valence-electron chi connectivity index (χ4n) is 1.46. The van der Waals surface area contributed by atoms with Gasteiger partial charge in [0.1, 0.15) is 11.6 Å². The Hall–Kier alpha value is -2.20. The first-order valence-corrected chi connectivity index (χ1v) is 5.27. The molecule has 0 saturated carbocycles. The molecule has 0 atom stereocenters. The molecular formula is C11H5ClF3N3O. The van der Waals surface area contributed by atoms with Gasteiger partial charge < -0.3 is 10.1 Å². The first-order valence-electron chi connectivity index (χ1n) is 4.89. The van der Waals surface area contributed by atoms with Crippen LogP contribution >= 0.6 is 11.6 Å². The summed E-state index contributed by atoms with van der Waals surface area (Å²) < 4.78 is 37.1. The van der Waals surface area contributed by atoms with Crippen LogP contribution in [0.5, 0.6) is 0 Å². The molecule has 19 heavy (non-hydrogen) atoms. The molecule has 0 amide bonds. The zero-order valence-electron chi connectivity index (χ0n) is 9.09. The molecule has 0 bridgehead atoms. The molecule has 0 unspecified atom stereocenters. The van der Waals surface area contributed by atoms with Gasteiger partial charge in [-0.05, 0) is 18.2 Å². The van der Waals surface area contributed by atoms with Gasteiger partial charge in [0.25, 0.3) is 0 Å². The average molecular weight is 288 g/mol. The van der Waals surface area contributed by atoms with Crippen LogP contribution in [0, 0.1) is 11.3 Å². The molecule has 0 aliphatic carbocycles. The minimum absolute atomic E-state index is 0.335. The van der Waals surface area contributed by atoms with E-state index in [4.69, 9.17) is 22.0 Å². The predicted octanol–water partition coefficient (Wildman–Crippen LogP) is 3.57. The van der Waals surface area contributed by atoms with E-state index in [9.17, 15) is 13.2 Å². The summed E-state index contributed by atoms with van der Waals surface area (Å²) in [6, 6.07) is 5.73. The lowest BCUT2D eigenvalue weighted by molar-refractivity contribution is -0.119. The number of hydrogen-bond donors (Lipinski definition) is 2. The summed E-state index contributed by atoms with van der Waals surface area (Å²) in [5, 5.41) is 18.1. The second kappa shape index (κ2) is 4.48. The summed E-state index contributed by atoms with van der Waals surface area (Å²) in [5.41, 5.74) is -0.271. The minimum atomic E-state index is -5.01. The number of nitriles is 1. The third-order valence-corrected chi connectivity index (χ3v) is 2.53. The van der Waals surface area contributed by atoms with Crippen LogP contribution < -0.4 is 0 Å². The van der Waals surface area contributed by atoms with Gasteiger partial charge in [0.2, 0.25) is 5.76 Å². The van der Waals surface area contributed by atoms with Gasteiger partial charge in [-0.1, -0.05) is 11.6 Å². The Morgan fingerprint density at radius 1 is 1.42 bits per heavy atom. The highest BCUT2D eigenvalue weighted by molar-refractivity contribution is 6.31. The number of aliphatic hydroxyl groups is 1. The maximum atomic E-state index is 12.4. The fourth-order valence-corrected chi connectivity index (χ4v) is 1.63. The number of alkyl halides is 3. The number of nitrogens with zero attached hydrogens (tertiary/aromatic N) is 2. The average Bonchev–Trinajstić information content (AvgIpc) is 2.71. The molecule has 2 rings (SSSR count). The number of benzene rings is 1. The molecule has 1 heterocycles. The summed E-state index contributed by atoms with van der Waals surface area (Å²) in [5.74, 6) is -2.35. The van der Waals surface area contributed by atoms with Gasteiger partial charge in [0.05, 0.1) is 11.0 Å². The summed E-state index contributed by atoms with van der Waals surface area (Å²) in [7, 11) is 0.